The van der Waals surface area contributed by atoms with Crippen molar-refractivity contribution < 1.29 is 4.42 Å². The second-order valence-electron chi connectivity index (χ2n) is 5.19. The van der Waals surface area contributed by atoms with E-state index in [9.17, 15) is 0 Å². The molecule has 4 rings (SSSR count). The van der Waals surface area contributed by atoms with E-state index in [0.29, 0.717) is 17.5 Å². The number of hydrogen-bond acceptors (Lipinski definition) is 5. The lowest BCUT2D eigenvalue weighted by molar-refractivity contribution is 0.581. The number of hydrogen-bond donors (Lipinski definition) is 0. The third-order valence-corrected chi connectivity index (χ3v) is 4.14. The zero-order valence-corrected chi connectivity index (χ0v) is 14.3. The van der Waals surface area contributed by atoms with Crippen LogP contribution in [0.1, 0.15) is 5.69 Å². The Labute approximate surface area is 146 Å². The maximum atomic E-state index is 5.76. The molecule has 24 heavy (non-hydrogen) atoms. The highest BCUT2D eigenvalue weighted by molar-refractivity contribution is 9.10. The SMILES string of the molecule is Cc1c(-c2nnc(-c3ccccc3)o2)nnn1-c1ccc(Br)cc1. The molecule has 0 radical (unpaired) electrons. The average molecular weight is 382 g/mol. The predicted octanol–water partition coefficient (Wildman–Crippen LogP) is 4.06. The van der Waals surface area contributed by atoms with E-state index in [0.717, 1.165) is 21.4 Å². The molecule has 0 spiro atoms. The normalized spacial score (nSPS) is 10.9. The van der Waals surface area contributed by atoms with E-state index in [1.807, 2.05) is 61.5 Å². The van der Waals surface area contributed by atoms with Gasteiger partial charge in [0, 0.05) is 10.0 Å². The zero-order valence-electron chi connectivity index (χ0n) is 12.7. The monoisotopic (exact) mass is 381 g/mol. The van der Waals surface area contributed by atoms with Gasteiger partial charge in [0.2, 0.25) is 5.89 Å². The Hall–Kier alpha value is -2.80. The Balaban J connectivity index is 1.71. The van der Waals surface area contributed by atoms with Crippen molar-refractivity contribution in [1.82, 2.24) is 25.2 Å². The predicted molar refractivity (Wildman–Crippen MR) is 92.5 cm³/mol. The molecular formula is C17H12BrN5O. The summed E-state index contributed by atoms with van der Waals surface area (Å²) in [5.41, 5.74) is 3.19. The molecule has 2 aromatic carbocycles. The summed E-state index contributed by atoms with van der Waals surface area (Å²) in [5, 5.41) is 16.6. The Morgan fingerprint density at radius 2 is 1.58 bits per heavy atom. The standard InChI is InChI=1S/C17H12BrN5O/c1-11-15(19-22-23(11)14-9-7-13(18)8-10-14)17-21-20-16(24-17)12-5-3-2-4-6-12/h2-10H,1H3. The van der Waals surface area contributed by atoms with Crippen molar-refractivity contribution in [2.75, 3.05) is 0 Å². The van der Waals surface area contributed by atoms with Gasteiger partial charge in [-0.05, 0) is 43.3 Å². The van der Waals surface area contributed by atoms with Gasteiger partial charge in [-0.15, -0.1) is 15.3 Å². The Bertz CT molecular complexity index is 976. The molecule has 2 aromatic heterocycles. The summed E-state index contributed by atoms with van der Waals surface area (Å²) in [6, 6.07) is 17.5. The van der Waals surface area contributed by atoms with Crippen molar-refractivity contribution in [3.8, 4) is 28.7 Å². The highest BCUT2D eigenvalue weighted by Gasteiger charge is 2.18. The van der Waals surface area contributed by atoms with Crippen LogP contribution in [0.5, 0.6) is 0 Å². The van der Waals surface area contributed by atoms with Crippen molar-refractivity contribution >= 4 is 15.9 Å². The van der Waals surface area contributed by atoms with Crippen LogP contribution < -0.4 is 0 Å². The third-order valence-electron chi connectivity index (χ3n) is 3.61. The molecule has 2 heterocycles. The van der Waals surface area contributed by atoms with Crippen LogP contribution in [0, 0.1) is 6.92 Å². The number of benzene rings is 2. The molecule has 0 aliphatic heterocycles. The molecule has 4 aromatic rings. The minimum absolute atomic E-state index is 0.356. The number of aromatic nitrogens is 5. The van der Waals surface area contributed by atoms with Gasteiger partial charge < -0.3 is 4.42 Å². The van der Waals surface area contributed by atoms with Gasteiger partial charge in [-0.1, -0.05) is 39.3 Å². The van der Waals surface area contributed by atoms with Crippen LogP contribution in [0.15, 0.2) is 63.5 Å². The highest BCUT2D eigenvalue weighted by Crippen LogP contribution is 2.25. The molecule has 0 fully saturated rings. The Morgan fingerprint density at radius 1 is 0.875 bits per heavy atom. The molecule has 0 amide bonds. The number of halogens is 1. The first-order valence-corrected chi connectivity index (χ1v) is 8.09. The molecule has 6 nitrogen and oxygen atoms in total. The molecule has 7 heteroatoms. The number of rotatable bonds is 3. The molecule has 0 unspecified atom stereocenters. The summed E-state index contributed by atoms with van der Waals surface area (Å²) in [7, 11) is 0. The lowest BCUT2D eigenvalue weighted by Crippen LogP contribution is -1.98. The summed E-state index contributed by atoms with van der Waals surface area (Å²) in [5.74, 6) is 0.818. The van der Waals surface area contributed by atoms with Gasteiger partial charge in [0.1, 0.15) is 0 Å². The first-order valence-electron chi connectivity index (χ1n) is 7.30. The molecule has 0 atom stereocenters. The van der Waals surface area contributed by atoms with Crippen LogP contribution in [0.4, 0.5) is 0 Å². The van der Waals surface area contributed by atoms with Crippen LogP contribution in [-0.4, -0.2) is 25.2 Å². The zero-order chi connectivity index (χ0) is 16.5. The number of nitrogens with zero attached hydrogens (tertiary/aromatic N) is 5. The topological polar surface area (TPSA) is 69.6 Å². The maximum absolute atomic E-state index is 5.76. The van der Waals surface area contributed by atoms with E-state index in [2.05, 4.69) is 36.4 Å². The van der Waals surface area contributed by atoms with Crippen LogP contribution in [0.3, 0.4) is 0 Å². The minimum atomic E-state index is 0.356. The van der Waals surface area contributed by atoms with Crippen molar-refractivity contribution in [3.05, 3.63) is 64.8 Å². The second-order valence-corrected chi connectivity index (χ2v) is 6.11. The fraction of sp³-hybridized carbons (Fsp3) is 0.0588. The van der Waals surface area contributed by atoms with Crippen molar-refractivity contribution in [1.29, 1.82) is 0 Å². The van der Waals surface area contributed by atoms with Crippen LogP contribution in [0.25, 0.3) is 28.7 Å². The van der Waals surface area contributed by atoms with Crippen molar-refractivity contribution in [2.24, 2.45) is 0 Å². The summed E-state index contributed by atoms with van der Waals surface area (Å²) >= 11 is 3.42. The van der Waals surface area contributed by atoms with E-state index in [1.165, 1.54) is 0 Å². The van der Waals surface area contributed by atoms with Crippen molar-refractivity contribution in [2.45, 2.75) is 6.92 Å². The van der Waals surface area contributed by atoms with Crippen LogP contribution in [-0.2, 0) is 0 Å². The van der Waals surface area contributed by atoms with Gasteiger partial charge in [-0.2, -0.15) is 0 Å². The fourth-order valence-corrected chi connectivity index (χ4v) is 2.63. The summed E-state index contributed by atoms with van der Waals surface area (Å²) in [6.07, 6.45) is 0. The summed E-state index contributed by atoms with van der Waals surface area (Å²) in [4.78, 5) is 0. The molecule has 0 aliphatic carbocycles. The second kappa shape index (κ2) is 6.01. The Kier molecular flexibility index (Phi) is 3.70. The lowest BCUT2D eigenvalue weighted by atomic mass is 10.2. The van der Waals surface area contributed by atoms with Gasteiger partial charge in [-0.3, -0.25) is 0 Å². The van der Waals surface area contributed by atoms with Gasteiger partial charge in [0.15, 0.2) is 5.69 Å². The van der Waals surface area contributed by atoms with E-state index < -0.39 is 0 Å². The van der Waals surface area contributed by atoms with Gasteiger partial charge in [0.05, 0.1) is 11.4 Å². The molecular weight excluding hydrogens is 370 g/mol. The third kappa shape index (κ3) is 2.63. The van der Waals surface area contributed by atoms with Crippen LogP contribution >= 0.6 is 15.9 Å². The van der Waals surface area contributed by atoms with Crippen molar-refractivity contribution in [3.63, 3.8) is 0 Å². The summed E-state index contributed by atoms with van der Waals surface area (Å²) in [6.45, 7) is 1.92. The highest BCUT2D eigenvalue weighted by atomic mass is 79.9. The van der Waals surface area contributed by atoms with Crippen LogP contribution in [0.2, 0.25) is 0 Å². The van der Waals surface area contributed by atoms with E-state index in [-0.39, 0.29) is 0 Å². The molecule has 0 bridgehead atoms. The molecule has 118 valence electrons. The van der Waals surface area contributed by atoms with E-state index in [4.69, 9.17) is 4.42 Å². The van der Waals surface area contributed by atoms with E-state index >= 15 is 0 Å². The lowest BCUT2D eigenvalue weighted by Gasteiger charge is -2.02. The summed E-state index contributed by atoms with van der Waals surface area (Å²) < 4.78 is 8.51. The molecule has 0 saturated carbocycles. The fourth-order valence-electron chi connectivity index (χ4n) is 2.37. The minimum Gasteiger partial charge on any atom is -0.414 e. The molecule has 0 aliphatic rings. The molecule has 0 saturated heterocycles. The Morgan fingerprint density at radius 3 is 2.33 bits per heavy atom. The smallest absolute Gasteiger partial charge is 0.270 e. The van der Waals surface area contributed by atoms with E-state index in [1.54, 1.807) is 4.68 Å². The van der Waals surface area contributed by atoms with Gasteiger partial charge in [-0.25, -0.2) is 4.68 Å². The first kappa shape index (κ1) is 14.8. The first-order chi connectivity index (χ1) is 11.7. The van der Waals surface area contributed by atoms with Gasteiger partial charge >= 0.3 is 0 Å². The molecule has 0 N–H and O–H groups in total. The largest absolute Gasteiger partial charge is 0.414 e. The quantitative estimate of drug-likeness (QED) is 0.535. The van der Waals surface area contributed by atoms with Gasteiger partial charge in [0.25, 0.3) is 5.89 Å². The average Bonchev–Trinajstić information content (AvgIpc) is 3.23. The maximum Gasteiger partial charge on any atom is 0.270 e.